The van der Waals surface area contributed by atoms with Crippen molar-refractivity contribution in [3.63, 3.8) is 0 Å². The maximum Gasteiger partial charge on any atom is 0.243 e. The number of sulfonamides is 1. The minimum atomic E-state index is -4.07. The molecule has 7 heteroatoms. The van der Waals surface area contributed by atoms with E-state index >= 15 is 0 Å². The molecule has 0 atom stereocenters. The molecule has 0 spiro atoms. The molecule has 3 N–H and O–H groups in total. The number of nitrogen functional groups attached to an aromatic ring is 1. The van der Waals surface area contributed by atoms with E-state index in [1.165, 1.54) is 24.3 Å². The van der Waals surface area contributed by atoms with Gasteiger partial charge in [0.05, 0.1) is 0 Å². The Morgan fingerprint density at radius 3 is 2.40 bits per heavy atom. The Morgan fingerprint density at radius 1 is 1.05 bits per heavy atom. The van der Waals surface area contributed by atoms with Crippen LogP contribution in [0.15, 0.2) is 47.4 Å². The lowest BCUT2D eigenvalue weighted by atomic mass is 10.2. The summed E-state index contributed by atoms with van der Waals surface area (Å²) in [6.07, 6.45) is 0. The number of benzene rings is 2. The van der Waals surface area contributed by atoms with Crippen LogP contribution in [0.2, 0.25) is 0 Å². The molecule has 4 nitrogen and oxygen atoms in total. The molecule has 0 amide bonds. The van der Waals surface area contributed by atoms with Crippen molar-refractivity contribution in [2.45, 2.75) is 11.4 Å². The van der Waals surface area contributed by atoms with Gasteiger partial charge in [-0.05, 0) is 24.3 Å². The molecule has 0 aromatic heterocycles. The zero-order valence-electron chi connectivity index (χ0n) is 10.3. The van der Waals surface area contributed by atoms with Crippen LogP contribution < -0.4 is 10.5 Å². The maximum absolute atomic E-state index is 13.6. The Hall–Kier alpha value is -1.99. The van der Waals surface area contributed by atoms with Gasteiger partial charge in [-0.15, -0.1) is 0 Å². The number of hydrogen-bond donors (Lipinski definition) is 2. The van der Waals surface area contributed by atoms with Gasteiger partial charge in [0.2, 0.25) is 10.0 Å². The van der Waals surface area contributed by atoms with Gasteiger partial charge in [-0.1, -0.05) is 18.2 Å². The number of rotatable bonds is 4. The Morgan fingerprint density at radius 2 is 1.75 bits per heavy atom. The second-order valence-corrected chi connectivity index (χ2v) is 5.84. The second kappa shape index (κ2) is 5.56. The number of halogens is 2. The molecule has 2 rings (SSSR count). The van der Waals surface area contributed by atoms with Crippen molar-refractivity contribution in [2.24, 2.45) is 0 Å². The van der Waals surface area contributed by atoms with Gasteiger partial charge in [-0.3, -0.25) is 0 Å². The van der Waals surface area contributed by atoms with Crippen molar-refractivity contribution in [1.82, 2.24) is 4.72 Å². The van der Waals surface area contributed by atoms with Crippen molar-refractivity contribution in [3.05, 3.63) is 59.7 Å². The molecule has 2 aromatic carbocycles. The van der Waals surface area contributed by atoms with Gasteiger partial charge in [-0.25, -0.2) is 21.9 Å². The summed E-state index contributed by atoms with van der Waals surface area (Å²) in [5, 5.41) is 0. The van der Waals surface area contributed by atoms with Crippen LogP contribution in [0.25, 0.3) is 0 Å². The van der Waals surface area contributed by atoms with E-state index in [0.29, 0.717) is 0 Å². The minimum Gasteiger partial charge on any atom is -0.399 e. The predicted molar refractivity (Wildman–Crippen MR) is 71.2 cm³/mol. The zero-order chi connectivity index (χ0) is 14.8. The molecule has 0 aliphatic carbocycles. The molecule has 20 heavy (non-hydrogen) atoms. The van der Waals surface area contributed by atoms with Gasteiger partial charge in [-0.2, -0.15) is 0 Å². The Bertz CT molecular complexity index is 733. The van der Waals surface area contributed by atoms with E-state index in [0.717, 1.165) is 12.1 Å². The molecule has 106 valence electrons. The third kappa shape index (κ3) is 3.12. The molecule has 0 saturated carbocycles. The topological polar surface area (TPSA) is 72.2 Å². The second-order valence-electron chi connectivity index (χ2n) is 4.11. The number of anilines is 1. The standard InChI is InChI=1S/C13H12F2N2O2S/c14-11-4-2-1-3-9(11)8-17-20(18,19)13-6-5-10(16)7-12(13)15/h1-7,17H,8,16H2. The van der Waals surface area contributed by atoms with Crippen molar-refractivity contribution >= 4 is 15.7 Å². The molecule has 0 fully saturated rings. The van der Waals surface area contributed by atoms with Gasteiger partial charge in [0.15, 0.2) is 0 Å². The summed E-state index contributed by atoms with van der Waals surface area (Å²) < 4.78 is 53.0. The molecule has 0 aliphatic rings. The Balaban J connectivity index is 2.22. The molecule has 0 saturated heterocycles. The predicted octanol–water partition coefficient (Wildman–Crippen LogP) is 2.03. The first-order valence-electron chi connectivity index (χ1n) is 5.68. The van der Waals surface area contributed by atoms with Crippen LogP contribution >= 0.6 is 0 Å². The van der Waals surface area contributed by atoms with Crippen LogP contribution in [0.1, 0.15) is 5.56 Å². The lowest BCUT2D eigenvalue weighted by Crippen LogP contribution is -2.24. The van der Waals surface area contributed by atoms with E-state index in [1.54, 1.807) is 6.07 Å². The molecular formula is C13H12F2N2O2S. The highest BCUT2D eigenvalue weighted by Crippen LogP contribution is 2.17. The van der Waals surface area contributed by atoms with E-state index in [2.05, 4.69) is 4.72 Å². The fourth-order valence-corrected chi connectivity index (χ4v) is 2.69. The molecule has 2 aromatic rings. The molecule has 0 aliphatic heterocycles. The summed E-state index contributed by atoms with van der Waals surface area (Å²) in [5.74, 6) is -1.49. The summed E-state index contributed by atoms with van der Waals surface area (Å²) >= 11 is 0. The molecular weight excluding hydrogens is 286 g/mol. The average Bonchev–Trinajstić information content (AvgIpc) is 2.37. The van der Waals surface area contributed by atoms with Crippen LogP contribution in [0.5, 0.6) is 0 Å². The van der Waals surface area contributed by atoms with Crippen molar-refractivity contribution in [3.8, 4) is 0 Å². The molecule has 0 heterocycles. The third-order valence-electron chi connectivity index (χ3n) is 2.66. The minimum absolute atomic E-state index is 0.121. The zero-order valence-corrected chi connectivity index (χ0v) is 11.1. The Kier molecular flexibility index (Phi) is 4.01. The number of nitrogens with one attached hydrogen (secondary N) is 1. The van der Waals surface area contributed by atoms with E-state index in [-0.39, 0.29) is 17.8 Å². The normalized spacial score (nSPS) is 11.5. The van der Waals surface area contributed by atoms with Crippen molar-refractivity contribution < 1.29 is 17.2 Å². The van der Waals surface area contributed by atoms with Gasteiger partial charge in [0.25, 0.3) is 0 Å². The maximum atomic E-state index is 13.6. The fraction of sp³-hybridized carbons (Fsp3) is 0.0769. The van der Waals surface area contributed by atoms with Crippen LogP contribution in [0, 0.1) is 11.6 Å². The van der Waals surface area contributed by atoms with Crippen molar-refractivity contribution in [2.75, 3.05) is 5.73 Å². The van der Waals surface area contributed by atoms with Crippen LogP contribution in [-0.4, -0.2) is 8.42 Å². The van der Waals surface area contributed by atoms with E-state index in [4.69, 9.17) is 5.73 Å². The number of hydrogen-bond acceptors (Lipinski definition) is 3. The van der Waals surface area contributed by atoms with Gasteiger partial charge < -0.3 is 5.73 Å². The monoisotopic (exact) mass is 298 g/mol. The first-order valence-corrected chi connectivity index (χ1v) is 7.16. The van der Waals surface area contributed by atoms with E-state index in [9.17, 15) is 17.2 Å². The van der Waals surface area contributed by atoms with Crippen LogP contribution in [-0.2, 0) is 16.6 Å². The largest absolute Gasteiger partial charge is 0.399 e. The smallest absolute Gasteiger partial charge is 0.243 e. The highest BCUT2D eigenvalue weighted by molar-refractivity contribution is 7.89. The average molecular weight is 298 g/mol. The van der Waals surface area contributed by atoms with Crippen LogP contribution in [0.4, 0.5) is 14.5 Å². The van der Waals surface area contributed by atoms with Crippen molar-refractivity contribution in [1.29, 1.82) is 0 Å². The van der Waals surface area contributed by atoms with Gasteiger partial charge in [0, 0.05) is 17.8 Å². The lowest BCUT2D eigenvalue weighted by Gasteiger charge is -2.08. The summed E-state index contributed by atoms with van der Waals surface area (Å²) in [6.45, 7) is -0.265. The Labute approximate surface area is 115 Å². The summed E-state index contributed by atoms with van der Waals surface area (Å²) in [5.41, 5.74) is 5.64. The summed E-state index contributed by atoms with van der Waals surface area (Å²) in [6, 6.07) is 8.99. The van der Waals surface area contributed by atoms with Crippen LogP contribution in [0.3, 0.4) is 0 Å². The molecule has 0 bridgehead atoms. The first kappa shape index (κ1) is 14.4. The summed E-state index contributed by atoms with van der Waals surface area (Å²) in [4.78, 5) is -0.525. The quantitative estimate of drug-likeness (QED) is 0.848. The highest BCUT2D eigenvalue weighted by Gasteiger charge is 2.19. The first-order chi connectivity index (χ1) is 9.40. The van der Waals surface area contributed by atoms with Gasteiger partial charge >= 0.3 is 0 Å². The molecule has 0 radical (unpaired) electrons. The summed E-state index contributed by atoms with van der Waals surface area (Å²) in [7, 11) is -4.07. The third-order valence-corrected chi connectivity index (χ3v) is 4.09. The van der Waals surface area contributed by atoms with E-state index < -0.39 is 26.6 Å². The SMILES string of the molecule is Nc1ccc(S(=O)(=O)NCc2ccccc2F)c(F)c1. The highest BCUT2D eigenvalue weighted by atomic mass is 32.2. The fourth-order valence-electron chi connectivity index (χ4n) is 1.63. The number of nitrogens with two attached hydrogens (primary N) is 1. The van der Waals surface area contributed by atoms with Gasteiger partial charge in [0.1, 0.15) is 16.5 Å². The lowest BCUT2D eigenvalue weighted by molar-refractivity contribution is 0.554. The molecule has 0 unspecified atom stereocenters. The van der Waals surface area contributed by atoms with E-state index in [1.807, 2.05) is 0 Å².